The molecule has 0 aromatic heterocycles. The standard InChI is InChI=1S/C7H12O3/c8-6-4-2-1-3-5-7(9)10/h2,4,8H,1,3,5-6H2,(H,9,10)/p-1/b4-2+. The summed E-state index contributed by atoms with van der Waals surface area (Å²) >= 11 is 0. The van der Waals surface area contributed by atoms with E-state index in [-0.39, 0.29) is 13.0 Å². The highest BCUT2D eigenvalue weighted by Crippen LogP contribution is 1.94. The summed E-state index contributed by atoms with van der Waals surface area (Å²) in [6.07, 6.45) is 4.71. The van der Waals surface area contributed by atoms with Crippen molar-refractivity contribution in [3.8, 4) is 0 Å². The number of hydrogen-bond donors (Lipinski definition) is 1. The minimum Gasteiger partial charge on any atom is -0.550 e. The fourth-order valence-electron chi connectivity index (χ4n) is 0.557. The van der Waals surface area contributed by atoms with Crippen molar-refractivity contribution in [2.24, 2.45) is 0 Å². The van der Waals surface area contributed by atoms with Crippen LogP contribution in [0.5, 0.6) is 0 Å². The molecule has 58 valence electrons. The van der Waals surface area contributed by atoms with Crippen LogP contribution in [0, 0.1) is 0 Å². The highest BCUT2D eigenvalue weighted by atomic mass is 16.4. The summed E-state index contributed by atoms with van der Waals surface area (Å²) in [4.78, 5) is 9.85. The third kappa shape index (κ3) is 7.17. The zero-order valence-electron chi connectivity index (χ0n) is 5.75. The van der Waals surface area contributed by atoms with E-state index in [1.54, 1.807) is 12.2 Å². The van der Waals surface area contributed by atoms with Gasteiger partial charge in [0.25, 0.3) is 0 Å². The smallest absolute Gasteiger partial charge is 0.0612 e. The Kier molecular flexibility index (Phi) is 5.77. The van der Waals surface area contributed by atoms with E-state index in [0.29, 0.717) is 12.8 Å². The van der Waals surface area contributed by atoms with E-state index in [4.69, 9.17) is 5.11 Å². The van der Waals surface area contributed by atoms with Crippen molar-refractivity contribution < 1.29 is 15.0 Å². The predicted octanol–water partition coefficient (Wildman–Crippen LogP) is -0.545. The largest absolute Gasteiger partial charge is 0.550 e. The van der Waals surface area contributed by atoms with Crippen LogP contribution in [-0.2, 0) is 4.79 Å². The average Bonchev–Trinajstić information content (AvgIpc) is 1.87. The molecule has 3 heteroatoms. The van der Waals surface area contributed by atoms with E-state index in [1.807, 2.05) is 0 Å². The molecule has 10 heavy (non-hydrogen) atoms. The van der Waals surface area contributed by atoms with Gasteiger partial charge < -0.3 is 15.0 Å². The first-order valence-corrected chi connectivity index (χ1v) is 3.23. The first-order chi connectivity index (χ1) is 4.77. The molecule has 0 aliphatic carbocycles. The maximum absolute atomic E-state index is 9.85. The first kappa shape index (κ1) is 9.17. The molecule has 0 fully saturated rings. The Bertz CT molecular complexity index is 118. The number of carbonyl (C=O) groups excluding carboxylic acids is 1. The summed E-state index contributed by atoms with van der Waals surface area (Å²) in [5.41, 5.74) is 0. The van der Waals surface area contributed by atoms with E-state index in [0.717, 1.165) is 0 Å². The average molecular weight is 143 g/mol. The Morgan fingerprint density at radius 2 is 2.20 bits per heavy atom. The highest BCUT2D eigenvalue weighted by Gasteiger charge is 1.83. The molecule has 0 spiro atoms. The van der Waals surface area contributed by atoms with Crippen molar-refractivity contribution in [2.45, 2.75) is 19.3 Å². The molecular formula is C7H11O3-. The molecule has 0 aliphatic rings. The van der Waals surface area contributed by atoms with Gasteiger partial charge in [-0.25, -0.2) is 0 Å². The highest BCUT2D eigenvalue weighted by molar-refractivity contribution is 5.64. The lowest BCUT2D eigenvalue weighted by molar-refractivity contribution is -0.305. The van der Waals surface area contributed by atoms with Gasteiger partial charge in [-0.15, -0.1) is 0 Å². The maximum Gasteiger partial charge on any atom is 0.0612 e. The van der Waals surface area contributed by atoms with Crippen LogP contribution in [0.4, 0.5) is 0 Å². The number of rotatable bonds is 5. The Labute approximate surface area is 60.0 Å². The molecule has 0 saturated carbocycles. The SMILES string of the molecule is O=C([O-])CCC/C=C/CO. The molecule has 0 radical (unpaired) electrons. The fourth-order valence-corrected chi connectivity index (χ4v) is 0.557. The number of carboxylic acid groups (broad SMARTS) is 1. The van der Waals surface area contributed by atoms with Crippen molar-refractivity contribution in [3.63, 3.8) is 0 Å². The number of hydrogen-bond acceptors (Lipinski definition) is 3. The number of aliphatic hydroxyl groups excluding tert-OH is 1. The molecule has 0 unspecified atom stereocenters. The summed E-state index contributed by atoms with van der Waals surface area (Å²) in [5.74, 6) is -1.02. The number of allylic oxidation sites excluding steroid dienone is 1. The molecule has 0 bridgehead atoms. The quantitative estimate of drug-likeness (QED) is 0.415. The van der Waals surface area contributed by atoms with Crippen molar-refractivity contribution >= 4 is 5.97 Å². The van der Waals surface area contributed by atoms with Crippen LogP contribution in [-0.4, -0.2) is 17.7 Å². The lowest BCUT2D eigenvalue weighted by Crippen LogP contribution is -2.21. The van der Waals surface area contributed by atoms with Gasteiger partial charge >= 0.3 is 0 Å². The monoisotopic (exact) mass is 143 g/mol. The molecule has 0 aromatic carbocycles. The zero-order chi connectivity index (χ0) is 7.82. The van der Waals surface area contributed by atoms with Gasteiger partial charge in [-0.2, -0.15) is 0 Å². The van der Waals surface area contributed by atoms with Crippen LogP contribution in [0.2, 0.25) is 0 Å². The second-order valence-corrected chi connectivity index (χ2v) is 1.92. The number of aliphatic hydroxyl groups is 1. The van der Waals surface area contributed by atoms with Gasteiger partial charge in [0.2, 0.25) is 0 Å². The van der Waals surface area contributed by atoms with Gasteiger partial charge in [0, 0.05) is 5.97 Å². The number of aliphatic carboxylic acids is 1. The second kappa shape index (κ2) is 6.29. The van der Waals surface area contributed by atoms with Gasteiger partial charge in [-0.3, -0.25) is 0 Å². The first-order valence-electron chi connectivity index (χ1n) is 3.23. The Balaban J connectivity index is 3.05. The molecule has 0 atom stereocenters. The van der Waals surface area contributed by atoms with Gasteiger partial charge in [0.15, 0.2) is 0 Å². The minimum atomic E-state index is -1.02. The van der Waals surface area contributed by atoms with Crippen LogP contribution in [0.25, 0.3) is 0 Å². The molecule has 0 amide bonds. The Hall–Kier alpha value is -0.830. The fraction of sp³-hybridized carbons (Fsp3) is 0.571. The Morgan fingerprint density at radius 1 is 1.50 bits per heavy atom. The normalized spacial score (nSPS) is 10.5. The van der Waals surface area contributed by atoms with Crippen molar-refractivity contribution in [1.29, 1.82) is 0 Å². The molecule has 0 rings (SSSR count). The second-order valence-electron chi connectivity index (χ2n) is 1.92. The zero-order valence-corrected chi connectivity index (χ0v) is 5.75. The van der Waals surface area contributed by atoms with Gasteiger partial charge in [-0.1, -0.05) is 12.2 Å². The lowest BCUT2D eigenvalue weighted by atomic mass is 10.2. The van der Waals surface area contributed by atoms with E-state index >= 15 is 0 Å². The summed E-state index contributed by atoms with van der Waals surface area (Å²) in [5, 5.41) is 18.1. The molecule has 0 saturated heterocycles. The maximum atomic E-state index is 9.85. The van der Waals surface area contributed by atoms with Crippen LogP contribution in [0.1, 0.15) is 19.3 Å². The molecule has 0 heterocycles. The summed E-state index contributed by atoms with van der Waals surface area (Å²) < 4.78 is 0. The molecule has 3 nitrogen and oxygen atoms in total. The minimum absolute atomic E-state index is 0.0192. The van der Waals surface area contributed by atoms with Crippen LogP contribution in [0.15, 0.2) is 12.2 Å². The third-order valence-corrected chi connectivity index (χ3v) is 1.02. The predicted molar refractivity (Wildman–Crippen MR) is 35.1 cm³/mol. The van der Waals surface area contributed by atoms with Gasteiger partial charge in [0.05, 0.1) is 6.61 Å². The summed E-state index contributed by atoms with van der Waals surface area (Å²) in [7, 11) is 0. The molecular weight excluding hydrogens is 132 g/mol. The number of carboxylic acids is 1. The van der Waals surface area contributed by atoms with Crippen molar-refractivity contribution in [3.05, 3.63) is 12.2 Å². The lowest BCUT2D eigenvalue weighted by Gasteiger charge is -1.96. The topological polar surface area (TPSA) is 60.4 Å². The van der Waals surface area contributed by atoms with Crippen LogP contribution >= 0.6 is 0 Å². The van der Waals surface area contributed by atoms with E-state index in [9.17, 15) is 9.90 Å². The summed E-state index contributed by atoms with van der Waals surface area (Å²) in [6, 6.07) is 0. The van der Waals surface area contributed by atoms with Crippen molar-refractivity contribution in [1.82, 2.24) is 0 Å². The molecule has 0 aliphatic heterocycles. The Morgan fingerprint density at radius 3 is 2.70 bits per heavy atom. The third-order valence-electron chi connectivity index (χ3n) is 1.02. The van der Waals surface area contributed by atoms with Crippen LogP contribution < -0.4 is 5.11 Å². The summed E-state index contributed by atoms with van der Waals surface area (Å²) in [6.45, 7) is 0.0192. The van der Waals surface area contributed by atoms with Crippen molar-refractivity contribution in [2.75, 3.05) is 6.61 Å². The van der Waals surface area contributed by atoms with Gasteiger partial charge in [-0.05, 0) is 19.3 Å². The van der Waals surface area contributed by atoms with Crippen LogP contribution in [0.3, 0.4) is 0 Å². The van der Waals surface area contributed by atoms with E-state index in [2.05, 4.69) is 0 Å². The number of unbranched alkanes of at least 4 members (excludes halogenated alkanes) is 1. The van der Waals surface area contributed by atoms with Gasteiger partial charge in [0.1, 0.15) is 0 Å². The van der Waals surface area contributed by atoms with E-state index < -0.39 is 5.97 Å². The number of carbonyl (C=O) groups is 1. The molecule has 1 N–H and O–H groups in total. The molecule has 0 aromatic rings. The van der Waals surface area contributed by atoms with E-state index in [1.165, 1.54) is 0 Å².